The summed E-state index contributed by atoms with van der Waals surface area (Å²) in [6.07, 6.45) is -0.430. The summed E-state index contributed by atoms with van der Waals surface area (Å²) in [5, 5.41) is 8.56. The van der Waals surface area contributed by atoms with E-state index in [1.807, 2.05) is 37.3 Å². The zero-order valence-electron chi connectivity index (χ0n) is 9.01. The van der Waals surface area contributed by atoms with Crippen molar-refractivity contribution in [2.45, 2.75) is 19.4 Å². The number of rotatable bonds is 2. The lowest BCUT2D eigenvalue weighted by atomic mass is 10.2. The van der Waals surface area contributed by atoms with Crippen LogP contribution in [0.5, 0.6) is 0 Å². The number of anilines is 1. The molecule has 1 fully saturated rings. The summed E-state index contributed by atoms with van der Waals surface area (Å²) in [5.41, 5.74) is 1.88. The van der Waals surface area contributed by atoms with Crippen molar-refractivity contribution in [3.8, 4) is 6.07 Å². The molecule has 1 atom stereocenters. The molecule has 0 radical (unpaired) electrons. The monoisotopic (exact) mass is 216 g/mol. The van der Waals surface area contributed by atoms with Gasteiger partial charge in [-0.1, -0.05) is 18.2 Å². The van der Waals surface area contributed by atoms with Crippen LogP contribution in [0.25, 0.3) is 0 Å². The van der Waals surface area contributed by atoms with E-state index in [9.17, 15) is 4.79 Å². The fourth-order valence-corrected chi connectivity index (χ4v) is 1.79. The molecule has 0 aliphatic carbocycles. The Kier molecular flexibility index (Phi) is 2.78. The molecule has 1 unspecified atom stereocenters. The zero-order valence-corrected chi connectivity index (χ0v) is 9.01. The van der Waals surface area contributed by atoms with E-state index in [1.165, 1.54) is 0 Å². The summed E-state index contributed by atoms with van der Waals surface area (Å²) in [6.45, 7) is 2.40. The van der Waals surface area contributed by atoms with Gasteiger partial charge in [-0.3, -0.25) is 4.90 Å². The number of nitriles is 1. The molecule has 0 spiro atoms. The van der Waals surface area contributed by atoms with Gasteiger partial charge in [0.1, 0.15) is 6.10 Å². The summed E-state index contributed by atoms with van der Waals surface area (Å²) in [5.74, 6) is 0. The van der Waals surface area contributed by atoms with E-state index in [-0.39, 0.29) is 18.6 Å². The van der Waals surface area contributed by atoms with E-state index in [0.717, 1.165) is 11.3 Å². The van der Waals surface area contributed by atoms with Gasteiger partial charge in [0.25, 0.3) is 0 Å². The number of cyclic esters (lactones) is 1. The van der Waals surface area contributed by atoms with Crippen molar-refractivity contribution in [2.75, 3.05) is 11.4 Å². The predicted molar refractivity (Wildman–Crippen MR) is 59.0 cm³/mol. The van der Waals surface area contributed by atoms with Crippen LogP contribution < -0.4 is 4.90 Å². The number of hydrogen-bond donors (Lipinski definition) is 0. The Morgan fingerprint density at radius 1 is 1.56 bits per heavy atom. The third-order valence-electron chi connectivity index (χ3n) is 2.60. The predicted octanol–water partition coefficient (Wildman–Crippen LogP) is 2.23. The van der Waals surface area contributed by atoms with Crippen LogP contribution >= 0.6 is 0 Å². The average Bonchev–Trinajstić information content (AvgIpc) is 2.61. The summed E-state index contributed by atoms with van der Waals surface area (Å²) >= 11 is 0. The van der Waals surface area contributed by atoms with Crippen molar-refractivity contribution in [1.29, 1.82) is 5.26 Å². The molecule has 1 aromatic carbocycles. The highest BCUT2D eigenvalue weighted by Crippen LogP contribution is 2.25. The third-order valence-corrected chi connectivity index (χ3v) is 2.60. The van der Waals surface area contributed by atoms with Crippen LogP contribution in [-0.4, -0.2) is 18.7 Å². The van der Waals surface area contributed by atoms with Crippen molar-refractivity contribution < 1.29 is 9.53 Å². The summed E-state index contributed by atoms with van der Waals surface area (Å²) < 4.78 is 5.09. The van der Waals surface area contributed by atoms with E-state index >= 15 is 0 Å². The molecule has 1 aliphatic heterocycles. The average molecular weight is 216 g/mol. The van der Waals surface area contributed by atoms with Crippen LogP contribution in [0.4, 0.5) is 10.5 Å². The number of carbonyl (C=O) groups is 1. The quantitative estimate of drug-likeness (QED) is 0.761. The van der Waals surface area contributed by atoms with Crippen molar-refractivity contribution in [3.05, 3.63) is 29.8 Å². The molecule has 0 aromatic heterocycles. The molecule has 16 heavy (non-hydrogen) atoms. The van der Waals surface area contributed by atoms with E-state index in [1.54, 1.807) is 4.90 Å². The van der Waals surface area contributed by atoms with E-state index < -0.39 is 0 Å². The minimum atomic E-state index is -0.366. The Morgan fingerprint density at radius 3 is 3.00 bits per heavy atom. The lowest BCUT2D eigenvalue weighted by Gasteiger charge is -2.15. The fraction of sp³-hybridized carbons (Fsp3) is 0.333. The number of aryl methyl sites for hydroxylation is 1. The van der Waals surface area contributed by atoms with Gasteiger partial charge in [0.2, 0.25) is 0 Å². The molecule has 1 amide bonds. The number of amides is 1. The minimum absolute atomic E-state index is 0.244. The summed E-state index contributed by atoms with van der Waals surface area (Å²) in [6, 6.07) is 9.64. The molecule has 4 nitrogen and oxygen atoms in total. The first-order chi connectivity index (χ1) is 7.72. The second kappa shape index (κ2) is 4.23. The maximum Gasteiger partial charge on any atom is 0.414 e. The maximum absolute atomic E-state index is 11.6. The number of nitrogens with zero attached hydrogens (tertiary/aromatic N) is 2. The highest BCUT2D eigenvalue weighted by atomic mass is 16.6. The Labute approximate surface area is 94.0 Å². The molecule has 2 rings (SSSR count). The van der Waals surface area contributed by atoms with Crippen LogP contribution in [-0.2, 0) is 4.74 Å². The normalized spacial score (nSPS) is 19.4. The first-order valence-corrected chi connectivity index (χ1v) is 5.13. The lowest BCUT2D eigenvalue weighted by Crippen LogP contribution is -2.25. The fourth-order valence-electron chi connectivity index (χ4n) is 1.79. The van der Waals surface area contributed by atoms with Gasteiger partial charge >= 0.3 is 6.09 Å². The van der Waals surface area contributed by atoms with Gasteiger partial charge < -0.3 is 4.74 Å². The molecule has 1 heterocycles. The van der Waals surface area contributed by atoms with Gasteiger partial charge in [0.15, 0.2) is 0 Å². The second-order valence-corrected chi connectivity index (χ2v) is 3.77. The van der Waals surface area contributed by atoms with Crippen molar-refractivity contribution in [2.24, 2.45) is 0 Å². The molecule has 82 valence electrons. The van der Waals surface area contributed by atoms with E-state index in [0.29, 0.717) is 6.54 Å². The second-order valence-electron chi connectivity index (χ2n) is 3.77. The van der Waals surface area contributed by atoms with Crippen molar-refractivity contribution in [3.63, 3.8) is 0 Å². The van der Waals surface area contributed by atoms with Gasteiger partial charge in [-0.25, -0.2) is 4.79 Å². The van der Waals surface area contributed by atoms with Crippen LogP contribution in [0.15, 0.2) is 24.3 Å². The Bertz CT molecular complexity index is 451. The largest absolute Gasteiger partial charge is 0.443 e. The third kappa shape index (κ3) is 1.84. The zero-order chi connectivity index (χ0) is 11.5. The van der Waals surface area contributed by atoms with Crippen LogP contribution in [0, 0.1) is 18.3 Å². The van der Waals surface area contributed by atoms with E-state index in [4.69, 9.17) is 10.00 Å². The highest BCUT2D eigenvalue weighted by Gasteiger charge is 2.32. The van der Waals surface area contributed by atoms with Gasteiger partial charge in [-0.15, -0.1) is 0 Å². The van der Waals surface area contributed by atoms with Crippen LogP contribution in [0.2, 0.25) is 0 Å². The molecule has 1 aromatic rings. The maximum atomic E-state index is 11.6. The van der Waals surface area contributed by atoms with Gasteiger partial charge in [-0.05, 0) is 18.6 Å². The first-order valence-electron chi connectivity index (χ1n) is 5.13. The molecular weight excluding hydrogens is 204 g/mol. The topological polar surface area (TPSA) is 53.3 Å². The number of para-hydroxylation sites is 1. The summed E-state index contributed by atoms with van der Waals surface area (Å²) in [4.78, 5) is 13.2. The SMILES string of the molecule is Cc1ccccc1N1CC(CC#N)OC1=O. The highest BCUT2D eigenvalue weighted by molar-refractivity contribution is 5.90. The molecule has 1 aliphatic rings. The van der Waals surface area contributed by atoms with Gasteiger partial charge in [0.05, 0.1) is 24.7 Å². The van der Waals surface area contributed by atoms with Gasteiger partial charge in [0, 0.05) is 0 Å². The molecule has 0 N–H and O–H groups in total. The van der Waals surface area contributed by atoms with Gasteiger partial charge in [-0.2, -0.15) is 5.26 Å². The van der Waals surface area contributed by atoms with Crippen molar-refractivity contribution >= 4 is 11.8 Å². The number of ether oxygens (including phenoxy) is 1. The molecule has 4 heteroatoms. The Morgan fingerprint density at radius 2 is 2.31 bits per heavy atom. The minimum Gasteiger partial charge on any atom is -0.443 e. The molecular formula is C12H12N2O2. The Balaban J connectivity index is 2.21. The number of benzene rings is 1. The molecule has 0 bridgehead atoms. The number of carbonyl (C=O) groups excluding carboxylic acids is 1. The van der Waals surface area contributed by atoms with E-state index in [2.05, 4.69) is 0 Å². The van der Waals surface area contributed by atoms with Crippen LogP contribution in [0.3, 0.4) is 0 Å². The Hall–Kier alpha value is -2.02. The smallest absolute Gasteiger partial charge is 0.414 e. The molecule has 0 saturated carbocycles. The van der Waals surface area contributed by atoms with Crippen molar-refractivity contribution in [1.82, 2.24) is 0 Å². The standard InChI is InChI=1S/C12H12N2O2/c1-9-4-2-3-5-11(9)14-8-10(6-7-13)16-12(14)15/h2-5,10H,6,8H2,1H3. The summed E-state index contributed by atoms with van der Waals surface area (Å²) in [7, 11) is 0. The lowest BCUT2D eigenvalue weighted by molar-refractivity contribution is 0.143. The number of hydrogen-bond acceptors (Lipinski definition) is 3. The van der Waals surface area contributed by atoms with Crippen LogP contribution in [0.1, 0.15) is 12.0 Å². The molecule has 1 saturated heterocycles. The first kappa shape index (κ1) is 10.5.